The minimum Gasteiger partial charge on any atom is -0.487 e. The van der Waals surface area contributed by atoms with Crippen LogP contribution in [-0.2, 0) is 22.3 Å². The molecule has 2 aromatic carbocycles. The maximum absolute atomic E-state index is 12.8. The van der Waals surface area contributed by atoms with E-state index >= 15 is 0 Å². The predicted octanol–water partition coefficient (Wildman–Crippen LogP) is 4.45. The molecule has 0 aliphatic carbocycles. The summed E-state index contributed by atoms with van der Waals surface area (Å²) in [6.07, 6.45) is -3.81. The number of amides is 3. The Morgan fingerprint density at radius 2 is 1.77 bits per heavy atom. The van der Waals surface area contributed by atoms with Crippen molar-refractivity contribution < 1.29 is 37.3 Å². The van der Waals surface area contributed by atoms with Crippen LogP contribution in [0.25, 0.3) is 0 Å². The standard InChI is InChI=1S/C28H27F3N4O5/c29-28(30,31)16-4-6-17(7-5-16)34-27(38)35-18-8-9-23-21(11-18)22-12-20(39-24(15-36)26(22)40-23)13-25(37)33-14-19-3-1-2-10-32-19/h1-11,20,22,24,26,36H,12-15H2,(H,33,37)(H2,34,35,38)/t20-,22-,24-,26+/m0/s1. The molecule has 40 heavy (non-hydrogen) atoms. The summed E-state index contributed by atoms with van der Waals surface area (Å²) in [5.41, 5.74) is 1.37. The molecule has 9 nitrogen and oxygen atoms in total. The van der Waals surface area contributed by atoms with Crippen LogP contribution in [0.4, 0.5) is 29.3 Å². The summed E-state index contributed by atoms with van der Waals surface area (Å²) in [5.74, 6) is 0.195. The SMILES string of the molecule is O=C(C[C@@H]1C[C@H]2c3cc(NC(=O)Nc4ccc(C(F)(F)F)cc4)ccc3O[C@H]2[C@H](CO)O1)NCc1ccccn1. The number of aliphatic hydroxyl groups is 1. The number of nitrogens with zero attached hydrogens (tertiary/aromatic N) is 1. The van der Waals surface area contributed by atoms with Gasteiger partial charge in [0.15, 0.2) is 0 Å². The number of benzene rings is 2. The van der Waals surface area contributed by atoms with Crippen LogP contribution >= 0.6 is 0 Å². The van der Waals surface area contributed by atoms with Gasteiger partial charge in [-0.25, -0.2) is 4.79 Å². The molecule has 210 valence electrons. The first kappa shape index (κ1) is 27.4. The number of urea groups is 1. The fourth-order valence-corrected chi connectivity index (χ4v) is 4.97. The van der Waals surface area contributed by atoms with Gasteiger partial charge in [-0.05, 0) is 61.0 Å². The van der Waals surface area contributed by atoms with Crippen LogP contribution < -0.4 is 20.7 Å². The molecular weight excluding hydrogens is 529 g/mol. The molecule has 1 saturated heterocycles. The molecule has 1 fully saturated rings. The Morgan fingerprint density at radius 3 is 2.48 bits per heavy atom. The first-order chi connectivity index (χ1) is 19.2. The summed E-state index contributed by atoms with van der Waals surface area (Å²) in [7, 11) is 0. The van der Waals surface area contributed by atoms with Gasteiger partial charge in [-0.2, -0.15) is 13.2 Å². The van der Waals surface area contributed by atoms with Crippen LogP contribution in [-0.4, -0.2) is 46.9 Å². The van der Waals surface area contributed by atoms with Crippen molar-refractivity contribution in [2.75, 3.05) is 17.2 Å². The molecule has 12 heteroatoms. The molecule has 0 spiro atoms. The Hall–Kier alpha value is -4.16. The second-order valence-corrected chi connectivity index (χ2v) is 9.61. The maximum atomic E-state index is 12.8. The van der Waals surface area contributed by atoms with E-state index < -0.39 is 36.1 Å². The van der Waals surface area contributed by atoms with Crippen molar-refractivity contribution in [2.24, 2.45) is 0 Å². The van der Waals surface area contributed by atoms with E-state index in [1.807, 2.05) is 12.1 Å². The van der Waals surface area contributed by atoms with Gasteiger partial charge in [-0.15, -0.1) is 0 Å². The maximum Gasteiger partial charge on any atom is 0.416 e. The third kappa shape index (κ3) is 6.35. The van der Waals surface area contributed by atoms with Crippen LogP contribution in [0.1, 0.15) is 35.6 Å². The molecule has 3 aromatic rings. The van der Waals surface area contributed by atoms with E-state index in [9.17, 15) is 27.9 Å². The highest BCUT2D eigenvalue weighted by Gasteiger charge is 2.46. The van der Waals surface area contributed by atoms with Gasteiger partial charge < -0.3 is 30.5 Å². The zero-order valence-electron chi connectivity index (χ0n) is 21.1. The highest BCUT2D eigenvalue weighted by molar-refractivity contribution is 5.99. The first-order valence-corrected chi connectivity index (χ1v) is 12.7. The molecule has 4 N–H and O–H groups in total. The number of fused-ring (bicyclic) bond motifs is 3. The van der Waals surface area contributed by atoms with E-state index in [2.05, 4.69) is 20.9 Å². The lowest BCUT2D eigenvalue weighted by Crippen LogP contribution is -2.47. The number of aliphatic hydroxyl groups excluding tert-OH is 1. The number of nitrogens with one attached hydrogen (secondary N) is 3. The van der Waals surface area contributed by atoms with Crippen molar-refractivity contribution >= 4 is 23.3 Å². The summed E-state index contributed by atoms with van der Waals surface area (Å²) in [5, 5.41) is 18.0. The molecular formula is C28H27F3N4O5. The van der Waals surface area contributed by atoms with Crippen LogP contribution in [0.15, 0.2) is 66.9 Å². The number of hydrogen-bond donors (Lipinski definition) is 4. The first-order valence-electron chi connectivity index (χ1n) is 12.7. The van der Waals surface area contributed by atoms with Crippen molar-refractivity contribution in [2.45, 2.75) is 49.8 Å². The van der Waals surface area contributed by atoms with Crippen molar-refractivity contribution in [1.82, 2.24) is 10.3 Å². The van der Waals surface area contributed by atoms with E-state index in [1.54, 1.807) is 30.5 Å². The molecule has 4 atom stereocenters. The van der Waals surface area contributed by atoms with Crippen LogP contribution in [0.3, 0.4) is 0 Å². The fourth-order valence-electron chi connectivity index (χ4n) is 4.97. The number of carbonyl (C=O) groups excluding carboxylic acids is 2. The van der Waals surface area contributed by atoms with E-state index in [4.69, 9.17) is 9.47 Å². The summed E-state index contributed by atoms with van der Waals surface area (Å²) in [6, 6.07) is 14.0. The minimum absolute atomic E-state index is 0.0926. The van der Waals surface area contributed by atoms with Crippen LogP contribution in [0, 0.1) is 0 Å². The van der Waals surface area contributed by atoms with E-state index in [-0.39, 0.29) is 37.1 Å². The number of rotatable bonds is 7. The van der Waals surface area contributed by atoms with E-state index in [0.717, 1.165) is 23.4 Å². The normalized spacial score (nSPS) is 21.5. The highest BCUT2D eigenvalue weighted by Crippen LogP contribution is 2.47. The lowest BCUT2D eigenvalue weighted by Gasteiger charge is -2.37. The van der Waals surface area contributed by atoms with Gasteiger partial charge in [0.05, 0.1) is 36.9 Å². The number of hydrogen-bond acceptors (Lipinski definition) is 6. The Bertz CT molecular complexity index is 1350. The van der Waals surface area contributed by atoms with E-state index in [0.29, 0.717) is 17.9 Å². The van der Waals surface area contributed by atoms with Gasteiger partial charge in [0.25, 0.3) is 0 Å². The number of anilines is 2. The second kappa shape index (κ2) is 11.5. The largest absolute Gasteiger partial charge is 0.487 e. The smallest absolute Gasteiger partial charge is 0.416 e. The molecule has 2 aliphatic rings. The number of alkyl halides is 3. The van der Waals surface area contributed by atoms with Crippen molar-refractivity contribution in [3.05, 3.63) is 83.7 Å². The zero-order valence-corrected chi connectivity index (χ0v) is 21.1. The third-order valence-electron chi connectivity index (χ3n) is 6.83. The second-order valence-electron chi connectivity index (χ2n) is 9.61. The summed E-state index contributed by atoms with van der Waals surface area (Å²) in [4.78, 5) is 29.3. The molecule has 3 heterocycles. The molecule has 2 aliphatic heterocycles. The third-order valence-corrected chi connectivity index (χ3v) is 6.83. The highest BCUT2D eigenvalue weighted by atomic mass is 19.4. The Labute approximate surface area is 227 Å². The predicted molar refractivity (Wildman–Crippen MR) is 139 cm³/mol. The Morgan fingerprint density at radius 1 is 1.02 bits per heavy atom. The Balaban J connectivity index is 1.22. The lowest BCUT2D eigenvalue weighted by molar-refractivity contribution is -0.142. The average molecular weight is 557 g/mol. The topological polar surface area (TPSA) is 122 Å². The molecule has 0 radical (unpaired) electrons. The van der Waals surface area contributed by atoms with Gasteiger partial charge in [0.2, 0.25) is 5.91 Å². The zero-order chi connectivity index (χ0) is 28.3. The lowest BCUT2D eigenvalue weighted by atomic mass is 9.84. The van der Waals surface area contributed by atoms with Gasteiger partial charge >= 0.3 is 12.2 Å². The van der Waals surface area contributed by atoms with Gasteiger partial charge in [0, 0.05) is 29.1 Å². The van der Waals surface area contributed by atoms with Gasteiger partial charge in [-0.3, -0.25) is 9.78 Å². The van der Waals surface area contributed by atoms with Crippen molar-refractivity contribution in [3.8, 4) is 5.75 Å². The van der Waals surface area contributed by atoms with Gasteiger partial charge in [0.1, 0.15) is 18.0 Å². The van der Waals surface area contributed by atoms with Crippen molar-refractivity contribution in [1.29, 1.82) is 0 Å². The molecule has 1 aromatic heterocycles. The number of ether oxygens (including phenoxy) is 2. The number of aromatic nitrogens is 1. The monoisotopic (exact) mass is 556 g/mol. The van der Waals surface area contributed by atoms with E-state index in [1.165, 1.54) is 12.1 Å². The number of pyridine rings is 1. The van der Waals surface area contributed by atoms with Gasteiger partial charge in [-0.1, -0.05) is 6.07 Å². The Kier molecular flexibility index (Phi) is 7.90. The number of carbonyl (C=O) groups is 2. The van der Waals surface area contributed by atoms with Crippen LogP contribution in [0.2, 0.25) is 0 Å². The van der Waals surface area contributed by atoms with Crippen LogP contribution in [0.5, 0.6) is 5.75 Å². The minimum atomic E-state index is -4.47. The molecule has 3 amide bonds. The molecule has 0 bridgehead atoms. The fraction of sp³-hybridized carbons (Fsp3) is 0.321. The number of halogens is 3. The van der Waals surface area contributed by atoms with Crippen molar-refractivity contribution in [3.63, 3.8) is 0 Å². The average Bonchev–Trinajstić information content (AvgIpc) is 3.30. The molecule has 0 saturated carbocycles. The summed E-state index contributed by atoms with van der Waals surface area (Å²) in [6.45, 7) is -0.000756. The summed E-state index contributed by atoms with van der Waals surface area (Å²) < 4.78 is 50.4. The molecule has 0 unspecified atom stereocenters. The summed E-state index contributed by atoms with van der Waals surface area (Å²) >= 11 is 0. The quantitative estimate of drug-likeness (QED) is 0.341. The molecule has 5 rings (SSSR count).